The van der Waals surface area contributed by atoms with Crippen LogP contribution in [0.4, 0.5) is 0 Å². The van der Waals surface area contributed by atoms with Crippen molar-refractivity contribution in [2.45, 2.75) is 37.9 Å². The Morgan fingerprint density at radius 3 is 3.10 bits per heavy atom. The zero-order valence-corrected chi connectivity index (χ0v) is 11.5. The van der Waals surface area contributed by atoms with Crippen molar-refractivity contribution in [3.63, 3.8) is 0 Å². The number of rotatable bonds is 5. The number of nitrogens with zero attached hydrogens (tertiary/aromatic N) is 2. The van der Waals surface area contributed by atoms with Gasteiger partial charge in [-0.1, -0.05) is 18.2 Å². The van der Waals surface area contributed by atoms with Crippen molar-refractivity contribution in [3.8, 4) is 5.75 Å². The highest BCUT2D eigenvalue weighted by atomic mass is 16.5. The van der Waals surface area contributed by atoms with E-state index in [1.807, 2.05) is 12.3 Å². The fourth-order valence-corrected chi connectivity index (χ4v) is 2.81. The van der Waals surface area contributed by atoms with Crippen LogP contribution >= 0.6 is 0 Å². The molecular formula is C16H19N3O. The molecule has 1 aromatic heterocycles. The monoisotopic (exact) mass is 269 g/mol. The van der Waals surface area contributed by atoms with E-state index in [1.54, 1.807) is 0 Å². The summed E-state index contributed by atoms with van der Waals surface area (Å²) < 4.78 is 8.01. The fraction of sp³-hybridized carbons (Fsp3) is 0.438. The first-order valence-corrected chi connectivity index (χ1v) is 7.35. The van der Waals surface area contributed by atoms with Crippen LogP contribution in [0.2, 0.25) is 0 Å². The lowest BCUT2D eigenvalue weighted by molar-refractivity contribution is 0.317. The number of nitrogens with one attached hydrogen (secondary N) is 1. The van der Waals surface area contributed by atoms with Gasteiger partial charge in [-0.15, -0.1) is 0 Å². The summed E-state index contributed by atoms with van der Waals surface area (Å²) in [6.07, 6.45) is 6.59. The molecule has 4 heteroatoms. The van der Waals surface area contributed by atoms with Gasteiger partial charge in [0.15, 0.2) is 0 Å². The van der Waals surface area contributed by atoms with Crippen LogP contribution < -0.4 is 10.1 Å². The number of imidazole rings is 1. The highest BCUT2D eigenvalue weighted by Gasteiger charge is 2.25. The summed E-state index contributed by atoms with van der Waals surface area (Å²) >= 11 is 0. The van der Waals surface area contributed by atoms with E-state index >= 15 is 0 Å². The SMILES string of the molecule is c1ccc2c(c1)OCC2Cn1ccnc1CNC1CC1. The average Bonchev–Trinajstić information content (AvgIpc) is 3.07. The molecule has 2 heterocycles. The van der Waals surface area contributed by atoms with Crippen molar-refractivity contribution in [2.75, 3.05) is 6.61 Å². The molecule has 1 fully saturated rings. The van der Waals surface area contributed by atoms with Gasteiger partial charge in [0.05, 0.1) is 13.2 Å². The third-order valence-electron chi connectivity index (χ3n) is 4.14. The van der Waals surface area contributed by atoms with Gasteiger partial charge in [-0.3, -0.25) is 0 Å². The number of benzene rings is 1. The maximum atomic E-state index is 5.76. The highest BCUT2D eigenvalue weighted by molar-refractivity contribution is 5.39. The van der Waals surface area contributed by atoms with Gasteiger partial charge >= 0.3 is 0 Å². The van der Waals surface area contributed by atoms with Crippen LogP contribution in [0.1, 0.15) is 30.1 Å². The molecule has 1 aromatic carbocycles. The van der Waals surface area contributed by atoms with Gasteiger partial charge in [-0.05, 0) is 18.9 Å². The van der Waals surface area contributed by atoms with Gasteiger partial charge in [0.1, 0.15) is 11.6 Å². The first kappa shape index (κ1) is 12.0. The van der Waals surface area contributed by atoms with E-state index in [0.717, 1.165) is 37.3 Å². The molecule has 1 unspecified atom stereocenters. The van der Waals surface area contributed by atoms with Crippen LogP contribution in [-0.2, 0) is 13.1 Å². The lowest BCUT2D eigenvalue weighted by Gasteiger charge is -2.13. The number of fused-ring (bicyclic) bond motifs is 1. The van der Waals surface area contributed by atoms with Gasteiger partial charge in [0.25, 0.3) is 0 Å². The smallest absolute Gasteiger partial charge is 0.122 e. The lowest BCUT2D eigenvalue weighted by atomic mass is 10.0. The molecule has 1 aliphatic carbocycles. The average molecular weight is 269 g/mol. The molecule has 1 N–H and O–H groups in total. The van der Waals surface area contributed by atoms with Gasteiger partial charge in [-0.2, -0.15) is 0 Å². The molecule has 0 saturated heterocycles. The maximum absolute atomic E-state index is 5.76. The Labute approximate surface area is 118 Å². The Balaban J connectivity index is 1.48. The number of para-hydroxylation sites is 1. The van der Waals surface area contributed by atoms with Gasteiger partial charge in [0.2, 0.25) is 0 Å². The molecule has 4 nitrogen and oxygen atoms in total. The summed E-state index contributed by atoms with van der Waals surface area (Å²) in [7, 11) is 0. The Kier molecular flexibility index (Phi) is 2.96. The van der Waals surface area contributed by atoms with Crippen molar-refractivity contribution >= 4 is 0 Å². The Bertz CT molecular complexity index is 603. The van der Waals surface area contributed by atoms with Crippen molar-refractivity contribution in [1.82, 2.24) is 14.9 Å². The molecule has 20 heavy (non-hydrogen) atoms. The van der Waals surface area contributed by atoms with Crippen molar-refractivity contribution < 1.29 is 4.74 Å². The summed E-state index contributed by atoms with van der Waals surface area (Å²) in [5, 5.41) is 3.53. The van der Waals surface area contributed by atoms with Crippen LogP contribution in [0.15, 0.2) is 36.7 Å². The Hall–Kier alpha value is -1.81. The molecule has 104 valence electrons. The van der Waals surface area contributed by atoms with Crippen molar-refractivity contribution in [2.24, 2.45) is 0 Å². The first-order valence-electron chi connectivity index (χ1n) is 7.35. The van der Waals surface area contributed by atoms with Crippen molar-refractivity contribution in [1.29, 1.82) is 0 Å². The molecule has 4 rings (SSSR count). The first-order chi connectivity index (χ1) is 9.90. The van der Waals surface area contributed by atoms with Crippen molar-refractivity contribution in [3.05, 3.63) is 48.0 Å². The third kappa shape index (κ3) is 2.31. The number of hydrogen-bond donors (Lipinski definition) is 1. The second kappa shape index (κ2) is 4.94. The third-order valence-corrected chi connectivity index (χ3v) is 4.14. The van der Waals surface area contributed by atoms with E-state index in [9.17, 15) is 0 Å². The zero-order chi connectivity index (χ0) is 13.4. The van der Waals surface area contributed by atoms with Gasteiger partial charge < -0.3 is 14.6 Å². The van der Waals surface area contributed by atoms with Crippen LogP contribution in [-0.4, -0.2) is 22.2 Å². The van der Waals surface area contributed by atoms with Gasteiger partial charge in [0, 0.05) is 36.5 Å². The Morgan fingerprint density at radius 2 is 2.20 bits per heavy atom. The minimum absolute atomic E-state index is 0.431. The number of aromatic nitrogens is 2. The topological polar surface area (TPSA) is 39.1 Å². The van der Waals surface area contributed by atoms with E-state index in [-0.39, 0.29) is 0 Å². The van der Waals surface area contributed by atoms with Crippen LogP contribution in [0.25, 0.3) is 0 Å². The Morgan fingerprint density at radius 1 is 1.30 bits per heavy atom. The summed E-state index contributed by atoms with van der Waals surface area (Å²) in [4.78, 5) is 4.47. The van der Waals surface area contributed by atoms with Gasteiger partial charge in [-0.25, -0.2) is 4.98 Å². The minimum Gasteiger partial charge on any atom is -0.493 e. The van der Waals surface area contributed by atoms with E-state index in [0.29, 0.717) is 5.92 Å². The predicted octanol–water partition coefficient (Wildman–Crippen LogP) is 2.31. The second-order valence-corrected chi connectivity index (χ2v) is 5.70. The van der Waals surface area contributed by atoms with Crippen LogP contribution in [0.5, 0.6) is 5.75 Å². The molecule has 0 spiro atoms. The second-order valence-electron chi connectivity index (χ2n) is 5.70. The number of ether oxygens (including phenoxy) is 1. The molecule has 1 atom stereocenters. The molecule has 1 saturated carbocycles. The van der Waals surface area contributed by atoms with E-state index in [2.05, 4.69) is 39.3 Å². The maximum Gasteiger partial charge on any atom is 0.122 e. The van der Waals surface area contributed by atoms with Crippen LogP contribution in [0.3, 0.4) is 0 Å². The summed E-state index contributed by atoms with van der Waals surface area (Å²) in [5.41, 5.74) is 1.32. The standard InChI is InChI=1S/C16H19N3O/c1-2-4-15-14(3-1)12(11-20-15)10-19-8-7-17-16(19)9-18-13-5-6-13/h1-4,7-8,12-13,18H,5-6,9-11H2. The molecule has 0 amide bonds. The van der Waals surface area contributed by atoms with E-state index < -0.39 is 0 Å². The molecule has 2 aliphatic rings. The van der Waals surface area contributed by atoms with E-state index in [4.69, 9.17) is 4.74 Å². The molecule has 2 aromatic rings. The quantitative estimate of drug-likeness (QED) is 0.905. The minimum atomic E-state index is 0.431. The number of hydrogen-bond acceptors (Lipinski definition) is 3. The fourth-order valence-electron chi connectivity index (χ4n) is 2.81. The highest BCUT2D eigenvalue weighted by Crippen LogP contribution is 2.34. The molecule has 1 aliphatic heterocycles. The normalized spacial score (nSPS) is 20.7. The summed E-state index contributed by atoms with van der Waals surface area (Å²) in [5.74, 6) is 2.59. The molecule has 0 bridgehead atoms. The van der Waals surface area contributed by atoms with Crippen LogP contribution in [0, 0.1) is 0 Å². The zero-order valence-electron chi connectivity index (χ0n) is 11.5. The predicted molar refractivity (Wildman–Crippen MR) is 76.8 cm³/mol. The van der Waals surface area contributed by atoms with E-state index in [1.165, 1.54) is 18.4 Å². The summed E-state index contributed by atoms with van der Waals surface area (Å²) in [6.45, 7) is 2.58. The molecule has 0 radical (unpaired) electrons. The largest absolute Gasteiger partial charge is 0.493 e. The lowest BCUT2D eigenvalue weighted by Crippen LogP contribution is -2.20. The summed E-state index contributed by atoms with van der Waals surface area (Å²) in [6, 6.07) is 9.06. The molecular weight excluding hydrogens is 250 g/mol.